The molecule has 59 heavy (non-hydrogen) atoms. The molecule has 0 amide bonds. The van der Waals surface area contributed by atoms with Gasteiger partial charge in [0.05, 0.1) is 0 Å². The number of unbranched alkanes of at least 4 members (excludes halogenated alkanes) is 17. The molecule has 0 aromatic heterocycles. The third kappa shape index (κ3) is 45.5. The maximum absolute atomic E-state index is 12.7. The van der Waals surface area contributed by atoms with Crippen molar-refractivity contribution in [2.24, 2.45) is 0 Å². The Kier molecular flexibility index (Phi) is 44.5. The summed E-state index contributed by atoms with van der Waals surface area (Å²) in [5.74, 6) is -1.01. The molecule has 0 aromatic rings. The number of ether oxygens (including phenoxy) is 3. The van der Waals surface area contributed by atoms with Gasteiger partial charge in [-0.15, -0.1) is 0 Å². The lowest BCUT2D eigenvalue weighted by Crippen LogP contribution is -2.30. The van der Waals surface area contributed by atoms with Gasteiger partial charge in [-0.2, -0.15) is 0 Å². The molecule has 1 unspecified atom stereocenters. The molecular formula is C53H88O6. The highest BCUT2D eigenvalue weighted by atomic mass is 16.6. The number of esters is 3. The minimum Gasteiger partial charge on any atom is -0.462 e. The van der Waals surface area contributed by atoms with Crippen LogP contribution in [0.1, 0.15) is 213 Å². The Morgan fingerprint density at radius 2 is 0.712 bits per heavy atom. The summed E-state index contributed by atoms with van der Waals surface area (Å²) in [5, 5.41) is 0. The van der Waals surface area contributed by atoms with Gasteiger partial charge in [0, 0.05) is 19.3 Å². The number of carbonyl (C=O) groups is 3. The highest BCUT2D eigenvalue weighted by Gasteiger charge is 2.19. The number of hydrogen-bond donors (Lipinski definition) is 0. The molecule has 0 bridgehead atoms. The van der Waals surface area contributed by atoms with Gasteiger partial charge in [-0.3, -0.25) is 14.4 Å². The van der Waals surface area contributed by atoms with Crippen molar-refractivity contribution in [2.45, 2.75) is 219 Å². The van der Waals surface area contributed by atoms with E-state index in [1.807, 2.05) is 12.2 Å². The van der Waals surface area contributed by atoms with Gasteiger partial charge in [0.25, 0.3) is 0 Å². The van der Waals surface area contributed by atoms with E-state index in [4.69, 9.17) is 14.2 Å². The zero-order valence-electron chi connectivity index (χ0n) is 38.2. The third-order valence-electron chi connectivity index (χ3n) is 9.90. The smallest absolute Gasteiger partial charge is 0.306 e. The van der Waals surface area contributed by atoms with Crippen molar-refractivity contribution >= 4 is 17.9 Å². The van der Waals surface area contributed by atoms with Crippen molar-refractivity contribution in [3.8, 4) is 0 Å². The summed E-state index contributed by atoms with van der Waals surface area (Å²) >= 11 is 0. The van der Waals surface area contributed by atoms with Crippen LogP contribution >= 0.6 is 0 Å². The van der Waals surface area contributed by atoms with Gasteiger partial charge in [0.1, 0.15) is 13.2 Å². The fourth-order valence-electron chi connectivity index (χ4n) is 6.27. The van der Waals surface area contributed by atoms with Crippen LogP contribution in [0.4, 0.5) is 0 Å². The first-order chi connectivity index (χ1) is 29.0. The maximum atomic E-state index is 12.7. The zero-order chi connectivity index (χ0) is 43.0. The van der Waals surface area contributed by atoms with Crippen LogP contribution in [0.3, 0.4) is 0 Å². The van der Waals surface area contributed by atoms with Gasteiger partial charge in [-0.05, 0) is 77.0 Å². The van der Waals surface area contributed by atoms with E-state index in [9.17, 15) is 14.4 Å². The highest BCUT2D eigenvalue weighted by molar-refractivity contribution is 5.71. The summed E-state index contributed by atoms with van der Waals surface area (Å²) in [5.41, 5.74) is 0. The van der Waals surface area contributed by atoms with Gasteiger partial charge < -0.3 is 14.2 Å². The van der Waals surface area contributed by atoms with E-state index in [0.717, 1.165) is 96.3 Å². The topological polar surface area (TPSA) is 78.9 Å². The Bertz CT molecular complexity index is 1170. The molecule has 336 valence electrons. The van der Waals surface area contributed by atoms with Crippen LogP contribution in [0.2, 0.25) is 0 Å². The van der Waals surface area contributed by atoms with Crippen molar-refractivity contribution < 1.29 is 28.6 Å². The molecule has 1 atom stereocenters. The fourth-order valence-corrected chi connectivity index (χ4v) is 6.27. The highest BCUT2D eigenvalue weighted by Crippen LogP contribution is 2.14. The second-order valence-electron chi connectivity index (χ2n) is 15.6. The van der Waals surface area contributed by atoms with E-state index in [1.165, 1.54) is 70.6 Å². The number of allylic oxidation sites excluding steroid dienone is 14. The molecule has 0 aliphatic carbocycles. The zero-order valence-corrected chi connectivity index (χ0v) is 38.2. The van der Waals surface area contributed by atoms with E-state index in [2.05, 4.69) is 93.7 Å². The predicted molar refractivity (Wildman–Crippen MR) is 251 cm³/mol. The molecule has 0 radical (unpaired) electrons. The van der Waals surface area contributed by atoms with Gasteiger partial charge in [-0.1, -0.05) is 202 Å². The molecule has 6 heteroatoms. The van der Waals surface area contributed by atoms with E-state index in [0.29, 0.717) is 19.3 Å². The van der Waals surface area contributed by atoms with Gasteiger partial charge in [0.2, 0.25) is 0 Å². The van der Waals surface area contributed by atoms with Crippen molar-refractivity contribution in [3.05, 3.63) is 85.1 Å². The summed E-state index contributed by atoms with van der Waals surface area (Å²) in [7, 11) is 0. The Hall–Kier alpha value is -3.41. The van der Waals surface area contributed by atoms with E-state index in [-0.39, 0.29) is 37.5 Å². The molecule has 0 aliphatic rings. The fraction of sp³-hybridized carbons (Fsp3) is 0.679. The molecule has 0 aliphatic heterocycles. The Morgan fingerprint density at radius 1 is 0.356 bits per heavy atom. The summed E-state index contributed by atoms with van der Waals surface area (Å²) in [4.78, 5) is 37.7. The normalized spacial score (nSPS) is 12.8. The average Bonchev–Trinajstić information content (AvgIpc) is 3.23. The molecule has 0 saturated heterocycles. The standard InChI is InChI=1S/C53H88O6/c1-4-7-10-13-16-19-22-24-25-26-27-28-29-30-32-34-37-40-43-46-52(55)58-49-50(48-57-51(54)45-42-39-36-33-21-18-15-12-9-6-3)59-53(56)47-44-41-38-35-31-23-20-17-14-11-8-5-2/h7,10,15-16,18-19,24-25,27-28,30,32,37,40,50H,4-6,8-9,11-14,17,20-23,26,29,31,33-36,38-39,41-49H2,1-3H3/b10-7-,18-15-,19-16-,25-24-,28-27-,32-30-,40-37-. The van der Waals surface area contributed by atoms with E-state index in [1.54, 1.807) is 0 Å². The molecule has 0 heterocycles. The Balaban J connectivity index is 4.48. The third-order valence-corrected chi connectivity index (χ3v) is 9.90. The monoisotopic (exact) mass is 821 g/mol. The molecular weight excluding hydrogens is 733 g/mol. The van der Waals surface area contributed by atoms with Crippen LogP contribution in [0, 0.1) is 0 Å². The maximum Gasteiger partial charge on any atom is 0.306 e. The van der Waals surface area contributed by atoms with Gasteiger partial charge in [-0.25, -0.2) is 0 Å². The second-order valence-corrected chi connectivity index (χ2v) is 15.6. The van der Waals surface area contributed by atoms with Crippen LogP contribution in [0.15, 0.2) is 85.1 Å². The summed E-state index contributed by atoms with van der Waals surface area (Å²) in [6.07, 6.45) is 60.1. The van der Waals surface area contributed by atoms with E-state index >= 15 is 0 Å². The molecule has 6 nitrogen and oxygen atoms in total. The quantitative estimate of drug-likeness (QED) is 0.0264. The average molecular weight is 821 g/mol. The SMILES string of the molecule is CC/C=C\C/C=C\C/C=C\C/C=C\C/C=C\C/C=C\CCC(=O)OCC(COC(=O)CCCCCC/C=C\CCCC)OC(=O)CCCCCCCCCCCCCC. The van der Waals surface area contributed by atoms with Crippen molar-refractivity contribution in [2.75, 3.05) is 13.2 Å². The van der Waals surface area contributed by atoms with E-state index < -0.39 is 6.10 Å². The second kappa shape index (κ2) is 47.3. The van der Waals surface area contributed by atoms with Gasteiger partial charge in [0.15, 0.2) is 6.10 Å². The first kappa shape index (κ1) is 55.6. The number of hydrogen-bond acceptors (Lipinski definition) is 6. The van der Waals surface area contributed by atoms with Crippen molar-refractivity contribution in [3.63, 3.8) is 0 Å². The Labute approximate surface area is 363 Å². The van der Waals surface area contributed by atoms with Crippen molar-refractivity contribution in [1.82, 2.24) is 0 Å². The van der Waals surface area contributed by atoms with Crippen LogP contribution in [0.25, 0.3) is 0 Å². The van der Waals surface area contributed by atoms with Crippen LogP contribution < -0.4 is 0 Å². The molecule has 0 fully saturated rings. The lowest BCUT2D eigenvalue weighted by atomic mass is 10.0. The Morgan fingerprint density at radius 3 is 1.19 bits per heavy atom. The minimum atomic E-state index is -0.807. The minimum absolute atomic E-state index is 0.105. The first-order valence-electron chi connectivity index (χ1n) is 24.1. The van der Waals surface area contributed by atoms with Crippen molar-refractivity contribution in [1.29, 1.82) is 0 Å². The summed E-state index contributed by atoms with van der Waals surface area (Å²) in [6.45, 7) is 6.38. The molecule has 0 N–H and O–H groups in total. The number of rotatable bonds is 42. The number of carbonyl (C=O) groups excluding carboxylic acids is 3. The lowest BCUT2D eigenvalue weighted by Gasteiger charge is -2.18. The molecule has 0 rings (SSSR count). The van der Waals surface area contributed by atoms with Gasteiger partial charge >= 0.3 is 17.9 Å². The lowest BCUT2D eigenvalue weighted by molar-refractivity contribution is -0.166. The predicted octanol–water partition coefficient (Wildman–Crippen LogP) is 15.6. The molecule has 0 aromatic carbocycles. The van der Waals surface area contributed by atoms with Crippen LogP contribution in [0.5, 0.6) is 0 Å². The van der Waals surface area contributed by atoms with Crippen LogP contribution in [-0.2, 0) is 28.6 Å². The largest absolute Gasteiger partial charge is 0.462 e. The molecule has 0 saturated carbocycles. The first-order valence-corrected chi connectivity index (χ1v) is 24.1. The van der Waals surface area contributed by atoms with Crippen LogP contribution in [-0.4, -0.2) is 37.2 Å². The molecule has 0 spiro atoms. The summed E-state index contributed by atoms with van der Waals surface area (Å²) < 4.78 is 16.6. The summed E-state index contributed by atoms with van der Waals surface area (Å²) in [6, 6.07) is 0.